The quantitative estimate of drug-likeness (QED) is 0.794. The Labute approximate surface area is 112 Å². The zero-order valence-electron chi connectivity index (χ0n) is 11.3. The van der Waals surface area contributed by atoms with Crippen LogP contribution >= 0.6 is 0 Å². The molecule has 19 heavy (non-hydrogen) atoms. The first-order valence-corrected chi connectivity index (χ1v) is 6.71. The van der Waals surface area contributed by atoms with Crippen molar-refractivity contribution in [1.29, 1.82) is 0 Å². The molecule has 2 rings (SSSR count). The van der Waals surface area contributed by atoms with Crippen molar-refractivity contribution in [2.45, 2.75) is 43.8 Å². The number of amides is 1. The first-order valence-electron chi connectivity index (χ1n) is 6.71. The second kappa shape index (κ2) is 5.88. The van der Waals surface area contributed by atoms with E-state index in [-0.39, 0.29) is 17.9 Å². The summed E-state index contributed by atoms with van der Waals surface area (Å²) in [5.74, 6) is -0.855. The molecule has 0 spiro atoms. The van der Waals surface area contributed by atoms with Crippen LogP contribution in [-0.2, 0) is 19.1 Å². The van der Waals surface area contributed by atoms with Crippen molar-refractivity contribution in [1.82, 2.24) is 4.90 Å². The van der Waals surface area contributed by atoms with Crippen LogP contribution in [0, 0.1) is 0 Å². The van der Waals surface area contributed by atoms with Crippen molar-refractivity contribution < 1.29 is 24.2 Å². The van der Waals surface area contributed by atoms with Crippen LogP contribution in [0.25, 0.3) is 0 Å². The monoisotopic (exact) mass is 271 g/mol. The van der Waals surface area contributed by atoms with Gasteiger partial charge in [0, 0.05) is 20.2 Å². The lowest BCUT2D eigenvalue weighted by molar-refractivity contribution is -0.154. The molecule has 1 aliphatic heterocycles. The molecule has 1 heterocycles. The fourth-order valence-corrected chi connectivity index (χ4v) is 2.68. The number of rotatable bonds is 5. The van der Waals surface area contributed by atoms with Gasteiger partial charge in [-0.1, -0.05) is 0 Å². The SMILES string of the molecule is COC1(CC(=O)N2CCO[C@@H](CC(=O)O)C2)CCC1. The molecule has 1 saturated heterocycles. The summed E-state index contributed by atoms with van der Waals surface area (Å²) in [6.07, 6.45) is 2.90. The van der Waals surface area contributed by atoms with E-state index in [1.54, 1.807) is 12.0 Å². The van der Waals surface area contributed by atoms with Gasteiger partial charge in [-0.15, -0.1) is 0 Å². The van der Waals surface area contributed by atoms with Gasteiger partial charge < -0.3 is 19.5 Å². The Bertz CT molecular complexity index is 347. The maximum Gasteiger partial charge on any atom is 0.306 e. The molecule has 0 aromatic rings. The van der Waals surface area contributed by atoms with Gasteiger partial charge >= 0.3 is 5.97 Å². The van der Waals surface area contributed by atoms with E-state index in [1.807, 2.05) is 0 Å². The van der Waals surface area contributed by atoms with Crippen molar-refractivity contribution in [2.75, 3.05) is 26.8 Å². The lowest BCUT2D eigenvalue weighted by atomic mass is 9.77. The van der Waals surface area contributed by atoms with Gasteiger partial charge in [0.05, 0.1) is 31.2 Å². The zero-order valence-corrected chi connectivity index (χ0v) is 11.3. The Morgan fingerprint density at radius 3 is 2.74 bits per heavy atom. The fraction of sp³-hybridized carbons (Fsp3) is 0.846. The lowest BCUT2D eigenvalue weighted by Crippen LogP contribution is -2.50. The third-order valence-corrected chi connectivity index (χ3v) is 4.06. The molecule has 1 amide bonds. The Morgan fingerprint density at radius 1 is 1.47 bits per heavy atom. The minimum absolute atomic E-state index is 0.0419. The minimum Gasteiger partial charge on any atom is -0.481 e. The van der Waals surface area contributed by atoms with Gasteiger partial charge in [-0.2, -0.15) is 0 Å². The predicted molar refractivity (Wildman–Crippen MR) is 66.8 cm³/mol. The Balaban J connectivity index is 1.86. The Hall–Kier alpha value is -1.14. The van der Waals surface area contributed by atoms with E-state index in [4.69, 9.17) is 14.6 Å². The van der Waals surface area contributed by atoms with Gasteiger partial charge in [-0.25, -0.2) is 0 Å². The molecule has 0 unspecified atom stereocenters. The number of hydrogen-bond donors (Lipinski definition) is 1. The highest BCUT2D eigenvalue weighted by Crippen LogP contribution is 2.38. The summed E-state index contributed by atoms with van der Waals surface area (Å²) >= 11 is 0. The molecule has 1 N–H and O–H groups in total. The molecule has 1 atom stereocenters. The third-order valence-electron chi connectivity index (χ3n) is 4.06. The molecule has 1 saturated carbocycles. The molecule has 2 aliphatic rings. The summed E-state index contributed by atoms with van der Waals surface area (Å²) in [6, 6.07) is 0. The second-order valence-electron chi connectivity index (χ2n) is 5.35. The van der Waals surface area contributed by atoms with Crippen LogP contribution < -0.4 is 0 Å². The average molecular weight is 271 g/mol. The largest absolute Gasteiger partial charge is 0.481 e. The van der Waals surface area contributed by atoms with Gasteiger partial charge in [0.1, 0.15) is 0 Å². The Kier molecular flexibility index (Phi) is 4.42. The number of carbonyl (C=O) groups is 2. The van der Waals surface area contributed by atoms with Gasteiger partial charge in [-0.05, 0) is 19.3 Å². The summed E-state index contributed by atoms with van der Waals surface area (Å²) in [6.45, 7) is 1.31. The molecule has 108 valence electrons. The number of methoxy groups -OCH3 is 1. The van der Waals surface area contributed by atoms with E-state index >= 15 is 0 Å². The number of ether oxygens (including phenoxy) is 2. The molecule has 0 aromatic carbocycles. The summed E-state index contributed by atoms with van der Waals surface area (Å²) in [4.78, 5) is 24.6. The van der Waals surface area contributed by atoms with Crippen LogP contribution in [0.15, 0.2) is 0 Å². The number of hydrogen-bond acceptors (Lipinski definition) is 4. The first-order chi connectivity index (χ1) is 9.04. The van der Waals surface area contributed by atoms with Gasteiger partial charge in [0.15, 0.2) is 0 Å². The minimum atomic E-state index is -0.897. The number of morpholine rings is 1. The van der Waals surface area contributed by atoms with Crippen molar-refractivity contribution in [3.8, 4) is 0 Å². The summed E-state index contributed by atoms with van der Waals surface area (Å²) in [5, 5.41) is 8.76. The predicted octanol–water partition coefficient (Wildman–Crippen LogP) is 0.648. The molecular formula is C13H21NO5. The Morgan fingerprint density at radius 2 is 2.21 bits per heavy atom. The van der Waals surface area contributed by atoms with Gasteiger partial charge in [0.2, 0.25) is 5.91 Å². The molecule has 0 aromatic heterocycles. The van der Waals surface area contributed by atoms with Gasteiger partial charge in [0.25, 0.3) is 0 Å². The number of carboxylic acids is 1. The summed E-state index contributed by atoms with van der Waals surface area (Å²) in [5.41, 5.74) is -0.280. The molecule has 6 heteroatoms. The van der Waals surface area contributed by atoms with Crippen LogP contribution in [0.3, 0.4) is 0 Å². The second-order valence-corrected chi connectivity index (χ2v) is 5.35. The number of carbonyl (C=O) groups excluding carboxylic acids is 1. The third kappa shape index (κ3) is 3.45. The fourth-order valence-electron chi connectivity index (χ4n) is 2.68. The number of aliphatic carboxylic acids is 1. The topological polar surface area (TPSA) is 76.1 Å². The van der Waals surface area contributed by atoms with E-state index in [1.165, 1.54) is 0 Å². The van der Waals surface area contributed by atoms with Crippen LogP contribution in [0.1, 0.15) is 32.1 Å². The van der Waals surface area contributed by atoms with Crippen molar-refractivity contribution in [3.63, 3.8) is 0 Å². The van der Waals surface area contributed by atoms with Crippen molar-refractivity contribution in [2.24, 2.45) is 0 Å². The summed E-state index contributed by atoms with van der Waals surface area (Å²) in [7, 11) is 1.65. The van der Waals surface area contributed by atoms with E-state index < -0.39 is 12.1 Å². The molecule has 0 bridgehead atoms. The smallest absolute Gasteiger partial charge is 0.306 e. The van der Waals surface area contributed by atoms with Crippen molar-refractivity contribution in [3.05, 3.63) is 0 Å². The highest BCUT2D eigenvalue weighted by atomic mass is 16.5. The highest BCUT2D eigenvalue weighted by Gasteiger charge is 2.40. The highest BCUT2D eigenvalue weighted by molar-refractivity contribution is 5.77. The lowest BCUT2D eigenvalue weighted by Gasteiger charge is -2.42. The van der Waals surface area contributed by atoms with Gasteiger partial charge in [-0.3, -0.25) is 9.59 Å². The van der Waals surface area contributed by atoms with E-state index in [0.717, 1.165) is 19.3 Å². The van der Waals surface area contributed by atoms with Crippen LogP contribution in [0.4, 0.5) is 0 Å². The van der Waals surface area contributed by atoms with Crippen LogP contribution in [0.5, 0.6) is 0 Å². The maximum atomic E-state index is 12.2. The van der Waals surface area contributed by atoms with E-state index in [9.17, 15) is 9.59 Å². The van der Waals surface area contributed by atoms with E-state index in [0.29, 0.717) is 26.1 Å². The molecule has 2 fully saturated rings. The summed E-state index contributed by atoms with van der Waals surface area (Å²) < 4.78 is 10.8. The molecule has 0 radical (unpaired) electrons. The van der Waals surface area contributed by atoms with Crippen LogP contribution in [0.2, 0.25) is 0 Å². The maximum absolute atomic E-state index is 12.2. The normalized spacial score (nSPS) is 25.7. The number of carboxylic acid groups (broad SMARTS) is 1. The zero-order chi connectivity index (χ0) is 13.9. The van der Waals surface area contributed by atoms with E-state index in [2.05, 4.69) is 0 Å². The first kappa shape index (κ1) is 14.3. The van der Waals surface area contributed by atoms with Crippen LogP contribution in [-0.4, -0.2) is 60.4 Å². The average Bonchev–Trinajstić information content (AvgIpc) is 2.33. The van der Waals surface area contributed by atoms with Crippen molar-refractivity contribution >= 4 is 11.9 Å². The standard InChI is InChI=1S/C13H21NO5/c1-18-13(3-2-4-13)8-11(15)14-5-6-19-10(9-14)7-12(16)17/h10H,2-9H2,1H3,(H,16,17)/t10-/m0/s1. The molecular weight excluding hydrogens is 250 g/mol. The molecule has 1 aliphatic carbocycles. The number of nitrogens with zero attached hydrogens (tertiary/aromatic N) is 1. The molecule has 6 nitrogen and oxygen atoms in total.